The average molecular weight is 303 g/mol. The molecule has 0 radical (unpaired) electrons. The lowest BCUT2D eigenvalue weighted by Crippen LogP contribution is -2.04. The maximum absolute atomic E-state index is 13.3. The van der Waals surface area contributed by atoms with Gasteiger partial charge < -0.3 is 9.47 Å². The van der Waals surface area contributed by atoms with Crippen molar-refractivity contribution >= 4 is 28.0 Å². The van der Waals surface area contributed by atoms with Gasteiger partial charge in [-0.15, -0.1) is 0 Å². The molecule has 0 fully saturated rings. The summed E-state index contributed by atoms with van der Waals surface area (Å²) in [4.78, 5) is 11.5. The molecule has 17 heavy (non-hydrogen) atoms. The van der Waals surface area contributed by atoms with Gasteiger partial charge in [-0.25, -0.2) is 9.18 Å². The van der Waals surface area contributed by atoms with Crippen LogP contribution < -0.4 is 0 Å². The topological polar surface area (TPSA) is 35.5 Å². The fraction of sp³-hybridized carbons (Fsp3) is 0.250. The van der Waals surface area contributed by atoms with Gasteiger partial charge in [-0.05, 0) is 46.6 Å². The van der Waals surface area contributed by atoms with Gasteiger partial charge in [0.05, 0.1) is 30.0 Å². The van der Waals surface area contributed by atoms with Gasteiger partial charge in [0.2, 0.25) is 0 Å². The number of esters is 1. The van der Waals surface area contributed by atoms with Crippen LogP contribution in [0.4, 0.5) is 4.39 Å². The van der Waals surface area contributed by atoms with Crippen LogP contribution in [0.1, 0.15) is 22.8 Å². The highest BCUT2D eigenvalue weighted by Crippen LogP contribution is 2.22. The minimum Gasteiger partial charge on any atom is -0.501 e. The molecule has 5 heteroatoms. The summed E-state index contributed by atoms with van der Waals surface area (Å²) in [6.45, 7) is 2.36. The monoisotopic (exact) mass is 302 g/mol. The van der Waals surface area contributed by atoms with E-state index in [-0.39, 0.29) is 10.0 Å². The van der Waals surface area contributed by atoms with Gasteiger partial charge in [0, 0.05) is 0 Å². The minimum atomic E-state index is -0.590. The van der Waals surface area contributed by atoms with E-state index in [0.29, 0.717) is 12.2 Å². The summed E-state index contributed by atoms with van der Waals surface area (Å²) in [6, 6.07) is 2.62. The van der Waals surface area contributed by atoms with Gasteiger partial charge >= 0.3 is 5.97 Å². The second-order valence-electron chi connectivity index (χ2n) is 3.10. The number of carbonyl (C=O) groups excluding carboxylic acids is 1. The Morgan fingerprint density at radius 2 is 2.24 bits per heavy atom. The number of rotatable bonds is 4. The summed E-state index contributed by atoms with van der Waals surface area (Å²) < 4.78 is 23.2. The maximum Gasteiger partial charge on any atom is 0.338 e. The molecule has 0 bridgehead atoms. The van der Waals surface area contributed by atoms with Gasteiger partial charge in [-0.3, -0.25) is 0 Å². The summed E-state index contributed by atoms with van der Waals surface area (Å²) in [5, 5.41) is 0. The molecule has 0 aliphatic rings. The van der Waals surface area contributed by atoms with E-state index < -0.39 is 11.8 Å². The van der Waals surface area contributed by atoms with E-state index >= 15 is 0 Å². The molecule has 0 N–H and O–H groups in total. The Kier molecular flexibility index (Phi) is 5.15. The van der Waals surface area contributed by atoms with Crippen molar-refractivity contribution in [2.45, 2.75) is 6.92 Å². The summed E-state index contributed by atoms with van der Waals surface area (Å²) >= 11 is 3.06. The van der Waals surface area contributed by atoms with Gasteiger partial charge in [0.1, 0.15) is 5.82 Å². The third kappa shape index (κ3) is 3.56. The molecule has 0 aliphatic carbocycles. The van der Waals surface area contributed by atoms with Crippen LogP contribution in [-0.2, 0) is 9.47 Å². The standard InChI is InChI=1S/C12H12BrFO3/c1-3-17-5-4-8-6-10(13)11(14)7-9(8)12(15)16-2/h4-7H,3H2,1-2H3/b5-4+. The number of ether oxygens (including phenoxy) is 2. The Labute approximate surface area is 107 Å². The molecule has 0 saturated carbocycles. The van der Waals surface area contributed by atoms with Crippen LogP contribution in [0.15, 0.2) is 22.9 Å². The predicted molar refractivity (Wildman–Crippen MR) is 66.1 cm³/mol. The molecule has 0 heterocycles. The average Bonchev–Trinajstić information content (AvgIpc) is 2.32. The van der Waals surface area contributed by atoms with E-state index in [9.17, 15) is 9.18 Å². The Balaban J connectivity index is 3.16. The summed E-state index contributed by atoms with van der Waals surface area (Å²) in [5.41, 5.74) is 0.683. The first-order chi connectivity index (χ1) is 8.10. The number of benzene rings is 1. The smallest absolute Gasteiger partial charge is 0.338 e. The van der Waals surface area contributed by atoms with Crippen LogP contribution in [0.5, 0.6) is 0 Å². The zero-order valence-corrected chi connectivity index (χ0v) is 11.1. The van der Waals surface area contributed by atoms with Crippen LogP contribution >= 0.6 is 15.9 Å². The molecule has 1 aromatic carbocycles. The first kappa shape index (κ1) is 13.7. The van der Waals surface area contributed by atoms with Crippen LogP contribution in [0.3, 0.4) is 0 Å². The first-order valence-corrected chi connectivity index (χ1v) is 5.75. The van der Waals surface area contributed by atoms with Crippen molar-refractivity contribution < 1.29 is 18.7 Å². The first-order valence-electron chi connectivity index (χ1n) is 4.95. The van der Waals surface area contributed by atoms with Gasteiger partial charge in [-0.1, -0.05) is 0 Å². The SMILES string of the molecule is CCO/C=C/c1cc(Br)c(F)cc1C(=O)OC. The van der Waals surface area contributed by atoms with Crippen molar-refractivity contribution in [3.8, 4) is 0 Å². The van der Waals surface area contributed by atoms with Crippen LogP contribution in [0, 0.1) is 5.82 Å². The Bertz CT molecular complexity index is 444. The second kappa shape index (κ2) is 6.39. The minimum absolute atomic E-state index is 0.157. The van der Waals surface area contributed by atoms with Crippen LogP contribution in [0.25, 0.3) is 6.08 Å². The highest BCUT2D eigenvalue weighted by atomic mass is 79.9. The predicted octanol–water partition coefficient (Wildman–Crippen LogP) is 3.38. The van der Waals surface area contributed by atoms with Gasteiger partial charge in [-0.2, -0.15) is 0 Å². The van der Waals surface area contributed by atoms with E-state index in [4.69, 9.17) is 4.74 Å². The third-order valence-electron chi connectivity index (χ3n) is 2.01. The van der Waals surface area contributed by atoms with Crippen molar-refractivity contribution in [3.05, 3.63) is 39.8 Å². The molecule has 0 aromatic heterocycles. The van der Waals surface area contributed by atoms with Crippen molar-refractivity contribution in [1.29, 1.82) is 0 Å². The van der Waals surface area contributed by atoms with Crippen molar-refractivity contribution in [2.75, 3.05) is 13.7 Å². The number of hydrogen-bond acceptors (Lipinski definition) is 3. The summed E-state index contributed by atoms with van der Waals surface area (Å²) in [6.07, 6.45) is 3.03. The molecular formula is C12H12BrFO3. The van der Waals surface area contributed by atoms with Crippen LogP contribution in [-0.4, -0.2) is 19.7 Å². The second-order valence-corrected chi connectivity index (χ2v) is 3.96. The zero-order valence-electron chi connectivity index (χ0n) is 9.50. The molecular weight excluding hydrogens is 291 g/mol. The number of halogens is 2. The molecule has 1 aromatic rings. The van der Waals surface area contributed by atoms with E-state index in [0.717, 1.165) is 6.07 Å². The molecule has 0 atom stereocenters. The number of methoxy groups -OCH3 is 1. The molecule has 0 unspecified atom stereocenters. The number of hydrogen-bond donors (Lipinski definition) is 0. The van der Waals surface area contributed by atoms with Crippen molar-refractivity contribution in [2.24, 2.45) is 0 Å². The highest BCUT2D eigenvalue weighted by molar-refractivity contribution is 9.10. The van der Waals surface area contributed by atoms with Gasteiger partial charge in [0.15, 0.2) is 0 Å². The van der Waals surface area contributed by atoms with Gasteiger partial charge in [0.25, 0.3) is 0 Å². The highest BCUT2D eigenvalue weighted by Gasteiger charge is 2.13. The van der Waals surface area contributed by atoms with E-state index in [1.807, 2.05) is 6.92 Å². The lowest BCUT2D eigenvalue weighted by atomic mass is 10.1. The molecule has 0 amide bonds. The molecule has 0 saturated heterocycles. The normalized spacial score (nSPS) is 10.6. The Morgan fingerprint density at radius 3 is 2.82 bits per heavy atom. The Hall–Kier alpha value is -1.36. The number of carbonyl (C=O) groups is 1. The molecule has 0 aliphatic heterocycles. The Morgan fingerprint density at radius 1 is 1.53 bits per heavy atom. The molecule has 0 spiro atoms. The van der Waals surface area contributed by atoms with E-state index in [1.54, 1.807) is 6.08 Å². The van der Waals surface area contributed by atoms with Crippen LogP contribution in [0.2, 0.25) is 0 Å². The largest absolute Gasteiger partial charge is 0.501 e. The third-order valence-corrected chi connectivity index (χ3v) is 2.62. The molecule has 1 rings (SSSR count). The van der Waals surface area contributed by atoms with E-state index in [1.165, 1.54) is 19.4 Å². The summed E-state index contributed by atoms with van der Waals surface area (Å²) in [5.74, 6) is -1.11. The summed E-state index contributed by atoms with van der Waals surface area (Å²) in [7, 11) is 1.25. The maximum atomic E-state index is 13.3. The molecule has 92 valence electrons. The van der Waals surface area contributed by atoms with Crippen molar-refractivity contribution in [3.63, 3.8) is 0 Å². The molecule has 3 nitrogen and oxygen atoms in total. The zero-order chi connectivity index (χ0) is 12.8. The fourth-order valence-electron chi connectivity index (χ4n) is 1.20. The quantitative estimate of drug-likeness (QED) is 0.632. The van der Waals surface area contributed by atoms with Crippen molar-refractivity contribution in [1.82, 2.24) is 0 Å². The van der Waals surface area contributed by atoms with E-state index in [2.05, 4.69) is 20.7 Å². The fourth-order valence-corrected chi connectivity index (χ4v) is 1.57. The lowest BCUT2D eigenvalue weighted by molar-refractivity contribution is 0.0600. The lowest BCUT2D eigenvalue weighted by Gasteiger charge is -2.06.